The number of benzene rings is 2. The summed E-state index contributed by atoms with van der Waals surface area (Å²) in [5.41, 5.74) is 7.34. The van der Waals surface area contributed by atoms with Crippen LogP contribution < -0.4 is 5.73 Å². The third-order valence-corrected chi connectivity index (χ3v) is 4.63. The largest absolute Gasteiger partial charge is 0.478 e. The van der Waals surface area contributed by atoms with Crippen molar-refractivity contribution in [2.45, 2.75) is 13.8 Å². The topological polar surface area (TPSA) is 122 Å². The Morgan fingerprint density at radius 3 is 2.59 bits per heavy atom. The van der Waals surface area contributed by atoms with Gasteiger partial charge in [0.2, 0.25) is 0 Å². The van der Waals surface area contributed by atoms with Gasteiger partial charge in [0.15, 0.2) is 0 Å². The van der Waals surface area contributed by atoms with Gasteiger partial charge in [-0.3, -0.25) is 4.79 Å². The second-order valence-electron chi connectivity index (χ2n) is 6.29. The van der Waals surface area contributed by atoms with E-state index in [0.717, 1.165) is 0 Å². The first-order valence-electron chi connectivity index (χ1n) is 8.04. The molecule has 0 radical (unpaired) electrons. The number of hydrogen-bond acceptors (Lipinski definition) is 4. The number of fused-ring (bicyclic) bond motifs is 3. The number of nitrogens with one attached hydrogen (secondary N) is 1. The van der Waals surface area contributed by atoms with E-state index in [-0.39, 0.29) is 27.6 Å². The number of primary amides is 1. The minimum atomic E-state index is -1.11. The number of carboxylic acids is 1. The van der Waals surface area contributed by atoms with Gasteiger partial charge in [0.1, 0.15) is 11.6 Å². The SMILES string of the molecule is Cc1noc(C)c1-c1cc(C(N)=O)c2[nH]c3cc(C(=O)O)ccc3c2c1F. The van der Waals surface area contributed by atoms with Gasteiger partial charge in [0.05, 0.1) is 27.9 Å². The lowest BCUT2D eigenvalue weighted by Crippen LogP contribution is -2.12. The van der Waals surface area contributed by atoms with Gasteiger partial charge in [0, 0.05) is 21.9 Å². The lowest BCUT2D eigenvalue weighted by molar-refractivity contribution is 0.0696. The van der Waals surface area contributed by atoms with Gasteiger partial charge < -0.3 is 20.3 Å². The first-order valence-corrected chi connectivity index (χ1v) is 8.04. The first-order chi connectivity index (χ1) is 12.8. The van der Waals surface area contributed by atoms with E-state index in [4.69, 9.17) is 15.4 Å². The van der Waals surface area contributed by atoms with Crippen LogP contribution in [0, 0.1) is 19.7 Å². The van der Waals surface area contributed by atoms with Crippen LogP contribution in [0.25, 0.3) is 32.9 Å². The average Bonchev–Trinajstić information content (AvgIpc) is 3.15. The Morgan fingerprint density at radius 2 is 2.00 bits per heavy atom. The molecule has 136 valence electrons. The number of carboxylic acid groups (broad SMARTS) is 1. The molecule has 0 unspecified atom stereocenters. The summed E-state index contributed by atoms with van der Waals surface area (Å²) < 4.78 is 20.6. The number of hydrogen-bond donors (Lipinski definition) is 3. The molecular weight excluding hydrogens is 353 g/mol. The molecule has 0 atom stereocenters. The second kappa shape index (κ2) is 5.66. The van der Waals surface area contributed by atoms with Crippen LogP contribution in [0.15, 0.2) is 28.8 Å². The van der Waals surface area contributed by atoms with Crippen LogP contribution in [0.3, 0.4) is 0 Å². The van der Waals surface area contributed by atoms with E-state index in [9.17, 15) is 9.59 Å². The van der Waals surface area contributed by atoms with Gasteiger partial charge in [-0.15, -0.1) is 0 Å². The summed E-state index contributed by atoms with van der Waals surface area (Å²) in [7, 11) is 0. The predicted octanol–water partition coefficient (Wildman–Crippen LogP) is 3.53. The number of aromatic carboxylic acids is 1. The quantitative estimate of drug-likeness (QED) is 0.511. The molecule has 0 fully saturated rings. The fraction of sp³-hybridized carbons (Fsp3) is 0.105. The van der Waals surface area contributed by atoms with E-state index in [1.807, 2.05) is 0 Å². The molecule has 0 aliphatic carbocycles. The highest BCUT2D eigenvalue weighted by Gasteiger charge is 2.24. The monoisotopic (exact) mass is 367 g/mol. The molecular formula is C19H14FN3O4. The molecule has 0 bridgehead atoms. The van der Waals surface area contributed by atoms with Crippen molar-refractivity contribution in [1.82, 2.24) is 10.1 Å². The number of nitrogens with zero attached hydrogens (tertiary/aromatic N) is 1. The smallest absolute Gasteiger partial charge is 0.335 e. The van der Waals surface area contributed by atoms with E-state index >= 15 is 4.39 Å². The maximum Gasteiger partial charge on any atom is 0.335 e. The van der Waals surface area contributed by atoms with E-state index < -0.39 is 17.7 Å². The molecule has 2 aromatic carbocycles. The van der Waals surface area contributed by atoms with Crippen molar-refractivity contribution in [3.63, 3.8) is 0 Å². The highest BCUT2D eigenvalue weighted by Crippen LogP contribution is 2.38. The molecule has 27 heavy (non-hydrogen) atoms. The number of aryl methyl sites for hydroxylation is 2. The summed E-state index contributed by atoms with van der Waals surface area (Å²) in [5.74, 6) is -2.01. The summed E-state index contributed by atoms with van der Waals surface area (Å²) in [6.45, 7) is 3.32. The number of nitrogens with two attached hydrogens (primary N) is 1. The Labute approximate surface area is 151 Å². The molecule has 7 nitrogen and oxygen atoms in total. The van der Waals surface area contributed by atoms with Crippen LogP contribution in [0.1, 0.15) is 32.2 Å². The number of carbonyl (C=O) groups is 2. The summed E-state index contributed by atoms with van der Waals surface area (Å²) in [4.78, 5) is 26.1. The molecule has 4 N–H and O–H groups in total. The number of amides is 1. The molecule has 1 amide bonds. The van der Waals surface area contributed by atoms with Gasteiger partial charge in [0.25, 0.3) is 5.91 Å². The predicted molar refractivity (Wildman–Crippen MR) is 96.2 cm³/mol. The Kier molecular flexibility index (Phi) is 3.52. The first kappa shape index (κ1) is 16.8. The molecule has 0 spiro atoms. The molecule has 0 saturated carbocycles. The summed E-state index contributed by atoms with van der Waals surface area (Å²) >= 11 is 0. The molecule has 2 heterocycles. The minimum absolute atomic E-state index is 0.0426. The van der Waals surface area contributed by atoms with E-state index in [2.05, 4.69) is 10.1 Å². The summed E-state index contributed by atoms with van der Waals surface area (Å²) in [6.07, 6.45) is 0. The standard InChI is InChI=1S/C19H14FN3O4/c1-7-14(8(2)27-23-7)11-6-12(18(21)24)17-15(16(11)20)10-4-3-9(19(25)26)5-13(10)22-17/h3-6,22H,1-2H3,(H2,21,24)(H,25,26). The normalized spacial score (nSPS) is 11.4. The zero-order chi connectivity index (χ0) is 19.5. The highest BCUT2D eigenvalue weighted by molar-refractivity contribution is 6.17. The molecule has 4 rings (SSSR count). The van der Waals surface area contributed by atoms with Crippen LogP contribution in [-0.4, -0.2) is 27.1 Å². The van der Waals surface area contributed by atoms with E-state index in [1.54, 1.807) is 13.8 Å². The molecule has 4 aromatic rings. The summed E-state index contributed by atoms with van der Waals surface area (Å²) in [6, 6.07) is 5.63. The number of carbonyl (C=O) groups excluding carboxylic acids is 1. The third kappa shape index (κ3) is 2.37. The fourth-order valence-electron chi connectivity index (χ4n) is 3.42. The zero-order valence-corrected chi connectivity index (χ0v) is 14.4. The zero-order valence-electron chi connectivity index (χ0n) is 14.4. The maximum atomic E-state index is 15.5. The Balaban J connectivity index is 2.17. The number of aromatic nitrogens is 2. The molecule has 2 aromatic heterocycles. The summed E-state index contributed by atoms with van der Waals surface area (Å²) in [5, 5.41) is 13.6. The molecule has 0 aliphatic rings. The van der Waals surface area contributed by atoms with Gasteiger partial charge in [-0.2, -0.15) is 0 Å². The fourth-order valence-corrected chi connectivity index (χ4v) is 3.42. The van der Waals surface area contributed by atoms with E-state index in [1.165, 1.54) is 24.3 Å². The van der Waals surface area contributed by atoms with Crippen LogP contribution in [-0.2, 0) is 0 Å². The van der Waals surface area contributed by atoms with Crippen LogP contribution in [0.5, 0.6) is 0 Å². The van der Waals surface area contributed by atoms with Crippen molar-refractivity contribution in [3.8, 4) is 11.1 Å². The molecule has 0 saturated heterocycles. The minimum Gasteiger partial charge on any atom is -0.478 e. The Bertz CT molecular complexity index is 1250. The van der Waals surface area contributed by atoms with Crippen molar-refractivity contribution in [3.05, 3.63) is 52.7 Å². The number of halogens is 1. The van der Waals surface area contributed by atoms with Crippen molar-refractivity contribution < 1.29 is 23.6 Å². The third-order valence-electron chi connectivity index (χ3n) is 4.63. The second-order valence-corrected chi connectivity index (χ2v) is 6.29. The number of rotatable bonds is 3. The number of H-pyrrole nitrogens is 1. The highest BCUT2D eigenvalue weighted by atomic mass is 19.1. The van der Waals surface area contributed by atoms with Gasteiger partial charge in [-0.1, -0.05) is 11.2 Å². The van der Waals surface area contributed by atoms with Crippen LogP contribution >= 0.6 is 0 Å². The average molecular weight is 367 g/mol. The van der Waals surface area contributed by atoms with Crippen LogP contribution in [0.4, 0.5) is 4.39 Å². The van der Waals surface area contributed by atoms with Gasteiger partial charge in [-0.25, -0.2) is 9.18 Å². The Hall–Kier alpha value is -3.68. The lowest BCUT2D eigenvalue weighted by Gasteiger charge is -2.08. The maximum absolute atomic E-state index is 15.5. The molecule has 0 aliphatic heterocycles. The van der Waals surface area contributed by atoms with Crippen molar-refractivity contribution in [2.75, 3.05) is 0 Å². The number of aromatic amines is 1. The Morgan fingerprint density at radius 1 is 1.26 bits per heavy atom. The van der Waals surface area contributed by atoms with Gasteiger partial charge in [-0.05, 0) is 32.0 Å². The lowest BCUT2D eigenvalue weighted by atomic mass is 9.96. The van der Waals surface area contributed by atoms with E-state index in [0.29, 0.717) is 27.9 Å². The van der Waals surface area contributed by atoms with Crippen molar-refractivity contribution in [2.24, 2.45) is 5.73 Å². The van der Waals surface area contributed by atoms with Crippen LogP contribution in [0.2, 0.25) is 0 Å². The van der Waals surface area contributed by atoms with Crippen molar-refractivity contribution >= 4 is 33.7 Å². The van der Waals surface area contributed by atoms with Gasteiger partial charge >= 0.3 is 5.97 Å². The van der Waals surface area contributed by atoms with Crippen molar-refractivity contribution in [1.29, 1.82) is 0 Å². The molecule has 8 heteroatoms.